The fourth-order valence-corrected chi connectivity index (χ4v) is 4.51. The van der Waals surface area contributed by atoms with E-state index in [0.717, 1.165) is 18.4 Å². The third-order valence-corrected chi connectivity index (χ3v) is 7.07. The van der Waals surface area contributed by atoms with Crippen molar-refractivity contribution in [2.45, 2.75) is 51.8 Å². The van der Waals surface area contributed by atoms with Crippen LogP contribution < -0.4 is 11.1 Å². The number of rotatable bonds is 10. The van der Waals surface area contributed by atoms with Crippen molar-refractivity contribution in [3.05, 3.63) is 84.1 Å². The maximum absolute atomic E-state index is 15.0. The average molecular weight is 577 g/mol. The third kappa shape index (κ3) is 7.95. The first-order valence-corrected chi connectivity index (χ1v) is 13.9. The van der Waals surface area contributed by atoms with E-state index in [1.165, 1.54) is 37.0 Å². The van der Waals surface area contributed by atoms with Gasteiger partial charge in [0.2, 0.25) is 5.91 Å². The molecular formula is C31H37FN6O4. The topological polar surface area (TPSA) is 132 Å². The molecule has 11 heteroatoms. The quantitative estimate of drug-likeness (QED) is 0.354. The van der Waals surface area contributed by atoms with Gasteiger partial charge in [0.1, 0.15) is 17.6 Å². The lowest BCUT2D eigenvalue weighted by Gasteiger charge is -2.33. The number of imidazole rings is 1. The molecule has 4 rings (SSSR count). The highest BCUT2D eigenvalue weighted by Crippen LogP contribution is 2.27. The van der Waals surface area contributed by atoms with Crippen molar-refractivity contribution in [3.8, 4) is 0 Å². The van der Waals surface area contributed by atoms with E-state index in [4.69, 9.17) is 10.5 Å². The number of hydrogen-bond donors (Lipinski definition) is 2. The highest BCUT2D eigenvalue weighted by atomic mass is 19.1. The van der Waals surface area contributed by atoms with Gasteiger partial charge >= 0.3 is 0 Å². The molecule has 1 fully saturated rings. The number of nitrogens with zero attached hydrogens (tertiary/aromatic N) is 4. The summed E-state index contributed by atoms with van der Waals surface area (Å²) in [5.74, 6) is -1.58. The fourth-order valence-electron chi connectivity index (χ4n) is 4.51. The standard InChI is InChI=1S/C31H37FN6O4/c1-21-13-15-37(16-14-21)29(40)27(23-11-7-8-12-24(23)32)38-17-26(34-20-38)36-28(39)25(35-30(41)31(2,3)33)19-42-18-22-9-5-4-6-10-22/h4-12,17,20-21,27H,13-16,18-19,33H2,1-3H3,(H,36,39). The number of ether oxygens (including phenoxy) is 1. The summed E-state index contributed by atoms with van der Waals surface area (Å²) >= 11 is 0. The van der Waals surface area contributed by atoms with Crippen LogP contribution in [-0.2, 0) is 25.7 Å². The Labute approximate surface area is 244 Å². The summed E-state index contributed by atoms with van der Waals surface area (Å²) in [4.78, 5) is 49.4. The first-order valence-electron chi connectivity index (χ1n) is 13.9. The smallest absolute Gasteiger partial charge is 0.273 e. The van der Waals surface area contributed by atoms with Crippen LogP contribution in [-0.4, -0.2) is 63.1 Å². The Hall–Kier alpha value is -4.22. The zero-order chi connectivity index (χ0) is 30.3. The van der Waals surface area contributed by atoms with Crippen molar-refractivity contribution in [1.29, 1.82) is 0 Å². The van der Waals surface area contributed by atoms with Gasteiger partial charge in [-0.25, -0.2) is 14.4 Å². The number of amides is 3. The molecule has 0 spiro atoms. The molecule has 0 bridgehead atoms. The molecule has 42 heavy (non-hydrogen) atoms. The number of aromatic nitrogens is 2. The van der Waals surface area contributed by atoms with Crippen molar-refractivity contribution < 1.29 is 23.5 Å². The van der Waals surface area contributed by atoms with Crippen LogP contribution in [0.15, 0.2) is 72.1 Å². The zero-order valence-corrected chi connectivity index (χ0v) is 24.1. The molecule has 0 aliphatic carbocycles. The maximum Gasteiger partial charge on any atom is 0.273 e. The number of anilines is 1. The normalized spacial score (nSPS) is 15.4. The minimum atomic E-state index is -1.30. The molecule has 2 aromatic carbocycles. The number of nitrogens with two attached hydrogens (primary N) is 1. The van der Waals surface area contributed by atoms with Crippen LogP contribution in [0, 0.1) is 11.7 Å². The Balaban J connectivity index is 1.55. The van der Waals surface area contributed by atoms with Crippen molar-refractivity contribution in [3.63, 3.8) is 0 Å². The molecule has 0 saturated carbocycles. The second-order valence-electron chi connectivity index (χ2n) is 11.2. The van der Waals surface area contributed by atoms with E-state index in [0.29, 0.717) is 19.0 Å². The number of carbonyl (C=O) groups is 3. The monoisotopic (exact) mass is 576 g/mol. The lowest BCUT2D eigenvalue weighted by molar-refractivity contribution is -0.135. The molecule has 2 heterocycles. The number of likely N-dealkylation sites (tertiary alicyclic amines) is 1. The van der Waals surface area contributed by atoms with Crippen LogP contribution in [0.1, 0.15) is 50.8 Å². The lowest BCUT2D eigenvalue weighted by Crippen LogP contribution is -2.42. The van der Waals surface area contributed by atoms with Crippen molar-refractivity contribution in [2.75, 3.05) is 25.0 Å². The molecule has 1 aliphatic rings. The molecular weight excluding hydrogens is 539 g/mol. The van der Waals surface area contributed by atoms with Crippen LogP contribution in [0.4, 0.5) is 10.2 Å². The Morgan fingerprint density at radius 2 is 1.79 bits per heavy atom. The van der Waals surface area contributed by atoms with Gasteiger partial charge in [-0.2, -0.15) is 0 Å². The summed E-state index contributed by atoms with van der Waals surface area (Å²) < 4.78 is 22.1. The third-order valence-electron chi connectivity index (χ3n) is 7.07. The molecule has 1 aromatic heterocycles. The average Bonchev–Trinajstić information content (AvgIpc) is 3.41. The van der Waals surface area contributed by atoms with Gasteiger partial charge in [0.25, 0.3) is 11.8 Å². The van der Waals surface area contributed by atoms with Gasteiger partial charge in [-0.1, -0.05) is 55.5 Å². The van der Waals surface area contributed by atoms with Crippen LogP contribution in [0.3, 0.4) is 0 Å². The molecule has 222 valence electrons. The van der Waals surface area contributed by atoms with Crippen molar-refractivity contribution in [2.24, 2.45) is 16.6 Å². The predicted molar refractivity (Wildman–Crippen MR) is 157 cm³/mol. The Morgan fingerprint density at radius 3 is 2.45 bits per heavy atom. The van der Waals surface area contributed by atoms with Gasteiger partial charge in [0, 0.05) is 24.8 Å². The van der Waals surface area contributed by atoms with Crippen molar-refractivity contribution in [1.82, 2.24) is 14.5 Å². The largest absolute Gasteiger partial charge is 0.370 e. The van der Waals surface area contributed by atoms with Crippen LogP contribution in [0.25, 0.3) is 0 Å². The van der Waals surface area contributed by atoms with E-state index in [1.807, 2.05) is 30.3 Å². The molecule has 1 unspecified atom stereocenters. The first-order chi connectivity index (χ1) is 20.0. The Bertz CT molecular complexity index is 1420. The van der Waals surface area contributed by atoms with Crippen LogP contribution in [0.5, 0.6) is 0 Å². The number of benzene rings is 2. The van der Waals surface area contributed by atoms with E-state index >= 15 is 0 Å². The summed E-state index contributed by atoms with van der Waals surface area (Å²) in [6.07, 6.45) is 4.56. The molecule has 1 aliphatic heterocycles. The molecule has 3 aromatic rings. The maximum atomic E-state index is 15.0. The SMILES string of the molecule is CC1CCN(C(=O)C(c2ccccc2F)n2cnc(NC(=O)C(COCc3ccccc3)=NC(=O)C(C)(C)N)c2)CC1. The summed E-state index contributed by atoms with van der Waals surface area (Å²) in [5, 5.41) is 2.62. The molecule has 0 radical (unpaired) electrons. The first kappa shape index (κ1) is 30.7. The van der Waals surface area contributed by atoms with Crippen molar-refractivity contribution >= 4 is 29.3 Å². The Kier molecular flexibility index (Phi) is 9.97. The zero-order valence-electron chi connectivity index (χ0n) is 24.1. The van der Waals surface area contributed by atoms with Gasteiger partial charge < -0.3 is 25.3 Å². The number of hydrogen-bond acceptors (Lipinski definition) is 6. The minimum Gasteiger partial charge on any atom is -0.370 e. The highest BCUT2D eigenvalue weighted by molar-refractivity contribution is 6.45. The number of piperidine rings is 1. The lowest BCUT2D eigenvalue weighted by atomic mass is 9.97. The fraction of sp³-hybridized carbons (Fsp3) is 0.387. The minimum absolute atomic E-state index is 0.0941. The highest BCUT2D eigenvalue weighted by Gasteiger charge is 2.32. The van der Waals surface area contributed by atoms with Gasteiger partial charge in [-0.05, 0) is 44.2 Å². The van der Waals surface area contributed by atoms with Crippen LogP contribution in [0.2, 0.25) is 0 Å². The van der Waals surface area contributed by atoms with E-state index in [-0.39, 0.29) is 36.2 Å². The van der Waals surface area contributed by atoms with E-state index in [2.05, 4.69) is 22.2 Å². The number of aliphatic imine (C=N–C) groups is 1. The van der Waals surface area contributed by atoms with Gasteiger partial charge in [0.15, 0.2) is 5.82 Å². The summed E-state index contributed by atoms with van der Waals surface area (Å²) in [6, 6.07) is 14.4. The van der Waals surface area contributed by atoms with Gasteiger partial charge in [0.05, 0.1) is 25.1 Å². The molecule has 3 amide bonds. The second-order valence-corrected chi connectivity index (χ2v) is 11.2. The molecule has 10 nitrogen and oxygen atoms in total. The summed E-state index contributed by atoms with van der Waals surface area (Å²) in [7, 11) is 0. The van der Waals surface area contributed by atoms with E-state index in [9.17, 15) is 18.8 Å². The molecule has 3 N–H and O–H groups in total. The summed E-state index contributed by atoms with van der Waals surface area (Å²) in [5.41, 5.74) is 5.48. The number of carbonyl (C=O) groups excluding carboxylic acids is 3. The second kappa shape index (κ2) is 13.6. The van der Waals surface area contributed by atoms with Gasteiger partial charge in [-0.3, -0.25) is 14.4 Å². The van der Waals surface area contributed by atoms with Gasteiger partial charge in [-0.15, -0.1) is 0 Å². The Morgan fingerprint density at radius 1 is 1.12 bits per heavy atom. The predicted octanol–water partition coefficient (Wildman–Crippen LogP) is 3.73. The van der Waals surface area contributed by atoms with E-state index in [1.54, 1.807) is 23.1 Å². The number of halogens is 1. The van der Waals surface area contributed by atoms with E-state index < -0.39 is 29.2 Å². The molecule has 1 atom stereocenters. The summed E-state index contributed by atoms with van der Waals surface area (Å²) in [6.45, 7) is 6.23. The van der Waals surface area contributed by atoms with Crippen LogP contribution >= 0.6 is 0 Å². The molecule has 1 saturated heterocycles. The number of nitrogens with one attached hydrogen (secondary N) is 1.